The predicted molar refractivity (Wildman–Crippen MR) is 61.1 cm³/mol. The van der Waals surface area contributed by atoms with E-state index in [1.165, 1.54) is 12.0 Å². The number of hydrogen-bond donors (Lipinski definition) is 0. The highest BCUT2D eigenvalue weighted by molar-refractivity contribution is 5.63. The fourth-order valence-electron chi connectivity index (χ4n) is 1.39. The smallest absolute Gasteiger partial charge is 0.121 e. The van der Waals surface area contributed by atoms with Gasteiger partial charge in [0.1, 0.15) is 24.9 Å². The van der Waals surface area contributed by atoms with Crippen LogP contribution in [0.15, 0.2) is 18.2 Å². The fourth-order valence-corrected chi connectivity index (χ4v) is 1.39. The lowest BCUT2D eigenvalue weighted by molar-refractivity contribution is 0.415. The molecule has 0 spiro atoms. The second-order valence-electron chi connectivity index (χ2n) is 3.17. The first kappa shape index (κ1) is 12.4. The first-order chi connectivity index (χ1) is 8.26. The summed E-state index contributed by atoms with van der Waals surface area (Å²) in [5.74, 6) is 0.583. The summed E-state index contributed by atoms with van der Waals surface area (Å²) in [5, 5.41) is 26.4. The largest absolute Gasteiger partial charge is 0.497 e. The molecule has 0 aliphatic heterocycles. The minimum Gasteiger partial charge on any atom is -0.497 e. The number of benzene rings is 1. The quantitative estimate of drug-likeness (QED) is 0.725. The molecule has 0 heterocycles. The van der Waals surface area contributed by atoms with Crippen LogP contribution >= 0.6 is 0 Å². The zero-order valence-electron chi connectivity index (χ0n) is 9.34. The van der Waals surface area contributed by atoms with E-state index in [0.717, 1.165) is 0 Å². The molecule has 0 amide bonds. The van der Waals surface area contributed by atoms with E-state index in [0.29, 0.717) is 17.0 Å². The summed E-state index contributed by atoms with van der Waals surface area (Å²) in [7, 11) is 1.52. The van der Waals surface area contributed by atoms with Crippen LogP contribution in [-0.2, 0) is 0 Å². The number of methoxy groups -OCH3 is 1. The second-order valence-corrected chi connectivity index (χ2v) is 3.17. The molecule has 0 saturated heterocycles. The summed E-state index contributed by atoms with van der Waals surface area (Å²) in [6, 6.07) is 10.9. The summed E-state index contributed by atoms with van der Waals surface area (Å²) < 4.78 is 5.06. The maximum Gasteiger partial charge on any atom is 0.121 e. The SMILES string of the molecule is COc1ccc(C#N)c(N(CC#N)CC#N)c1. The van der Waals surface area contributed by atoms with Crippen molar-refractivity contribution in [1.29, 1.82) is 15.8 Å². The van der Waals surface area contributed by atoms with Gasteiger partial charge < -0.3 is 9.64 Å². The molecule has 1 aromatic carbocycles. The van der Waals surface area contributed by atoms with Crippen LogP contribution in [0.2, 0.25) is 0 Å². The average molecular weight is 226 g/mol. The summed E-state index contributed by atoms with van der Waals surface area (Å²) in [6.45, 7) is 0.102. The van der Waals surface area contributed by atoms with Crippen molar-refractivity contribution >= 4 is 5.69 Å². The molecule has 0 fully saturated rings. The van der Waals surface area contributed by atoms with Gasteiger partial charge in [-0.15, -0.1) is 0 Å². The zero-order chi connectivity index (χ0) is 12.7. The van der Waals surface area contributed by atoms with Gasteiger partial charge in [-0.2, -0.15) is 15.8 Å². The second kappa shape index (κ2) is 6.00. The number of nitrogens with zero attached hydrogens (tertiary/aromatic N) is 4. The third kappa shape index (κ3) is 2.87. The lowest BCUT2D eigenvalue weighted by Crippen LogP contribution is -2.24. The number of nitriles is 3. The first-order valence-corrected chi connectivity index (χ1v) is 4.83. The van der Waals surface area contributed by atoms with E-state index in [-0.39, 0.29) is 13.1 Å². The molecule has 0 aliphatic rings. The van der Waals surface area contributed by atoms with E-state index in [1.807, 2.05) is 18.2 Å². The van der Waals surface area contributed by atoms with E-state index < -0.39 is 0 Å². The van der Waals surface area contributed by atoms with Gasteiger partial charge in [0.15, 0.2) is 0 Å². The van der Waals surface area contributed by atoms with Gasteiger partial charge in [-0.1, -0.05) is 0 Å². The minimum absolute atomic E-state index is 0.0510. The van der Waals surface area contributed by atoms with Crippen LogP contribution in [0.25, 0.3) is 0 Å². The van der Waals surface area contributed by atoms with Crippen molar-refractivity contribution in [3.05, 3.63) is 23.8 Å². The molecule has 17 heavy (non-hydrogen) atoms. The summed E-state index contributed by atoms with van der Waals surface area (Å²) >= 11 is 0. The number of anilines is 1. The molecule has 5 nitrogen and oxygen atoms in total. The molecular formula is C12H10N4O. The molecule has 0 bridgehead atoms. The van der Waals surface area contributed by atoms with Crippen LogP contribution < -0.4 is 9.64 Å². The van der Waals surface area contributed by atoms with Gasteiger partial charge in [-0.05, 0) is 12.1 Å². The molecule has 84 valence electrons. The lowest BCUT2D eigenvalue weighted by Gasteiger charge is -2.19. The molecule has 5 heteroatoms. The maximum atomic E-state index is 8.98. The van der Waals surface area contributed by atoms with Gasteiger partial charge in [0.2, 0.25) is 0 Å². The Labute approximate surface area is 99.7 Å². The van der Waals surface area contributed by atoms with Gasteiger partial charge in [0, 0.05) is 6.07 Å². The van der Waals surface area contributed by atoms with E-state index in [2.05, 4.69) is 0 Å². The Morgan fingerprint density at radius 3 is 2.29 bits per heavy atom. The Balaban J connectivity index is 3.21. The summed E-state index contributed by atoms with van der Waals surface area (Å²) in [5.41, 5.74) is 0.950. The molecule has 0 radical (unpaired) electrons. The predicted octanol–water partition coefficient (Wildman–Crippen LogP) is 1.42. The summed E-state index contributed by atoms with van der Waals surface area (Å²) in [4.78, 5) is 1.53. The number of ether oxygens (including phenoxy) is 1. The fraction of sp³-hybridized carbons (Fsp3) is 0.250. The first-order valence-electron chi connectivity index (χ1n) is 4.83. The van der Waals surface area contributed by atoms with Gasteiger partial charge in [0.05, 0.1) is 30.5 Å². The normalized spacial score (nSPS) is 8.59. The molecule has 0 saturated carbocycles. The molecule has 0 aromatic heterocycles. The van der Waals surface area contributed by atoms with Gasteiger partial charge in [-0.3, -0.25) is 0 Å². The summed E-state index contributed by atoms with van der Waals surface area (Å²) in [6.07, 6.45) is 0. The highest BCUT2D eigenvalue weighted by atomic mass is 16.5. The zero-order valence-corrected chi connectivity index (χ0v) is 9.34. The van der Waals surface area contributed by atoms with Crippen LogP contribution in [0.4, 0.5) is 5.69 Å². The lowest BCUT2D eigenvalue weighted by atomic mass is 10.1. The average Bonchev–Trinajstić information content (AvgIpc) is 2.37. The van der Waals surface area contributed by atoms with Crippen molar-refractivity contribution in [3.63, 3.8) is 0 Å². The Kier molecular flexibility index (Phi) is 4.36. The molecule has 0 aliphatic carbocycles. The standard InChI is InChI=1S/C12H10N4O/c1-17-11-3-2-10(9-15)12(8-11)16(6-4-13)7-5-14/h2-3,8H,6-7H2,1H3. The Bertz CT molecular complexity index is 503. The van der Waals surface area contributed by atoms with Gasteiger partial charge >= 0.3 is 0 Å². The van der Waals surface area contributed by atoms with Crippen molar-refractivity contribution in [1.82, 2.24) is 0 Å². The maximum absolute atomic E-state index is 8.98. The van der Waals surface area contributed by atoms with E-state index in [9.17, 15) is 0 Å². The molecule has 0 unspecified atom stereocenters. The van der Waals surface area contributed by atoms with E-state index in [4.69, 9.17) is 20.5 Å². The topological polar surface area (TPSA) is 83.8 Å². The third-order valence-electron chi connectivity index (χ3n) is 2.19. The Morgan fingerprint density at radius 2 is 1.82 bits per heavy atom. The Hall–Kier alpha value is -2.71. The van der Waals surface area contributed by atoms with Crippen LogP contribution in [0.5, 0.6) is 5.75 Å². The van der Waals surface area contributed by atoms with E-state index in [1.54, 1.807) is 18.2 Å². The monoisotopic (exact) mass is 226 g/mol. The van der Waals surface area contributed by atoms with Crippen molar-refractivity contribution in [2.24, 2.45) is 0 Å². The van der Waals surface area contributed by atoms with Gasteiger partial charge in [0.25, 0.3) is 0 Å². The number of rotatable bonds is 4. The van der Waals surface area contributed by atoms with Crippen LogP contribution in [0.3, 0.4) is 0 Å². The minimum atomic E-state index is 0.0510. The van der Waals surface area contributed by atoms with Crippen molar-refractivity contribution in [3.8, 4) is 24.0 Å². The molecule has 0 atom stereocenters. The van der Waals surface area contributed by atoms with Crippen molar-refractivity contribution in [2.75, 3.05) is 25.1 Å². The van der Waals surface area contributed by atoms with E-state index >= 15 is 0 Å². The molecule has 1 aromatic rings. The third-order valence-corrected chi connectivity index (χ3v) is 2.19. The highest BCUT2D eigenvalue weighted by Gasteiger charge is 2.11. The van der Waals surface area contributed by atoms with Crippen LogP contribution in [-0.4, -0.2) is 20.2 Å². The van der Waals surface area contributed by atoms with Gasteiger partial charge in [-0.25, -0.2) is 0 Å². The number of hydrogen-bond acceptors (Lipinski definition) is 5. The highest BCUT2D eigenvalue weighted by Crippen LogP contribution is 2.25. The van der Waals surface area contributed by atoms with Crippen molar-refractivity contribution < 1.29 is 4.74 Å². The molecular weight excluding hydrogens is 216 g/mol. The molecule has 1 rings (SSSR count). The van der Waals surface area contributed by atoms with Crippen LogP contribution in [0, 0.1) is 34.0 Å². The van der Waals surface area contributed by atoms with Crippen LogP contribution in [0.1, 0.15) is 5.56 Å². The van der Waals surface area contributed by atoms with Crippen molar-refractivity contribution in [2.45, 2.75) is 0 Å². The molecule has 0 N–H and O–H groups in total. The Morgan fingerprint density at radius 1 is 1.18 bits per heavy atom.